The summed E-state index contributed by atoms with van der Waals surface area (Å²) in [6, 6.07) is 8.71. The number of para-hydroxylation sites is 1. The molecule has 0 heterocycles. The van der Waals surface area contributed by atoms with Gasteiger partial charge in [-0.15, -0.1) is 0 Å². The zero-order chi connectivity index (χ0) is 7.82. The molecule has 0 unspecified atom stereocenters. The Hall–Kier alpha value is 0.603. The molecule has 0 aromatic heterocycles. The van der Waals surface area contributed by atoms with Crippen LogP contribution in [0.4, 0.5) is 0 Å². The van der Waals surface area contributed by atoms with Gasteiger partial charge in [-0.1, -0.05) is 18.2 Å². The quantitative estimate of drug-likeness (QED) is 0.710. The molecule has 0 amide bonds. The normalized spacial score (nSPS) is 8.20. The molecule has 0 saturated carbocycles. The van der Waals surface area contributed by atoms with Crippen molar-refractivity contribution < 1.29 is 18.3 Å². The van der Waals surface area contributed by atoms with Gasteiger partial charge in [0.25, 0.3) is 0 Å². The van der Waals surface area contributed by atoms with Gasteiger partial charge in [-0.2, -0.15) is 0 Å². The molecule has 58 valence electrons. The van der Waals surface area contributed by atoms with Crippen molar-refractivity contribution in [2.24, 2.45) is 0 Å². The molecule has 0 aliphatic carbocycles. The Balaban J connectivity index is 0.000000236. The van der Waals surface area contributed by atoms with E-state index >= 15 is 0 Å². The molecule has 0 aliphatic rings. The summed E-state index contributed by atoms with van der Waals surface area (Å²) >= 11 is 6.64. The molecule has 0 radical (unpaired) electrons. The number of halogens is 2. The molecule has 0 spiro atoms. The maximum atomic E-state index is 8.63. The fourth-order valence-corrected chi connectivity index (χ4v) is 0.428. The summed E-state index contributed by atoms with van der Waals surface area (Å²) < 4.78 is 0. The SMILES string of the molecule is Oc1ccccc1.[Br][Ru][Br]. The van der Waals surface area contributed by atoms with Crippen molar-refractivity contribution >= 4 is 27.2 Å². The Kier molecular flexibility index (Phi) is 8.17. The standard InChI is InChI=1S/C6H6O.2BrH.Ru/c7-6-4-2-1-3-5-6;;;/h1-5,7H;2*1H;/q;;;+2/p-2. The third kappa shape index (κ3) is 6.72. The molecule has 0 aliphatic heterocycles. The summed E-state index contributed by atoms with van der Waals surface area (Å²) in [5.41, 5.74) is 0. The van der Waals surface area contributed by atoms with Gasteiger partial charge in [-0.25, -0.2) is 0 Å². The van der Waals surface area contributed by atoms with E-state index in [1.807, 2.05) is 6.07 Å². The predicted molar refractivity (Wildman–Crippen MR) is 46.0 cm³/mol. The molecule has 1 aromatic carbocycles. The van der Waals surface area contributed by atoms with Crippen LogP contribution in [0, 0.1) is 0 Å². The van der Waals surface area contributed by atoms with E-state index < -0.39 is 0 Å². The number of benzene rings is 1. The number of phenolic OH excluding ortho intramolecular Hbond substituents is 1. The number of aromatic hydroxyl groups is 1. The Morgan fingerprint density at radius 3 is 1.70 bits per heavy atom. The Morgan fingerprint density at radius 2 is 1.50 bits per heavy atom. The third-order valence-electron chi connectivity index (χ3n) is 0.756. The summed E-state index contributed by atoms with van der Waals surface area (Å²) in [6.07, 6.45) is 0. The summed E-state index contributed by atoms with van der Waals surface area (Å²) in [4.78, 5) is 0. The minimum absolute atomic E-state index is 0.322. The van der Waals surface area contributed by atoms with E-state index in [9.17, 15) is 0 Å². The minimum atomic E-state index is 0.322. The van der Waals surface area contributed by atoms with Crippen LogP contribution in [0.3, 0.4) is 0 Å². The van der Waals surface area contributed by atoms with Crippen molar-refractivity contribution in [2.45, 2.75) is 0 Å². The number of phenols is 1. The van der Waals surface area contributed by atoms with Crippen LogP contribution in [0.2, 0.25) is 0 Å². The van der Waals surface area contributed by atoms with Crippen molar-refractivity contribution in [3.05, 3.63) is 30.3 Å². The first-order valence-corrected chi connectivity index (χ1v) is 10.4. The van der Waals surface area contributed by atoms with Crippen LogP contribution in [0.1, 0.15) is 0 Å². The number of hydrogen-bond acceptors (Lipinski definition) is 1. The van der Waals surface area contributed by atoms with Crippen LogP contribution >= 0.6 is 27.2 Å². The molecule has 1 rings (SSSR count). The number of hydrogen-bond donors (Lipinski definition) is 1. The van der Waals surface area contributed by atoms with Gasteiger partial charge in [0.2, 0.25) is 0 Å². The monoisotopic (exact) mass is 354 g/mol. The van der Waals surface area contributed by atoms with Gasteiger partial charge < -0.3 is 5.11 Å². The van der Waals surface area contributed by atoms with Gasteiger partial charge in [-0.3, -0.25) is 0 Å². The van der Waals surface area contributed by atoms with Crippen molar-refractivity contribution in [2.75, 3.05) is 0 Å². The summed E-state index contributed by atoms with van der Waals surface area (Å²) in [5.74, 6) is 0.322. The molecular weight excluding hydrogens is 349 g/mol. The van der Waals surface area contributed by atoms with Crippen molar-refractivity contribution in [3.63, 3.8) is 0 Å². The molecule has 0 fully saturated rings. The molecule has 1 aromatic rings. The van der Waals surface area contributed by atoms with Crippen molar-refractivity contribution in [1.29, 1.82) is 0 Å². The van der Waals surface area contributed by atoms with Crippen LogP contribution in [-0.2, 0) is 13.2 Å². The Bertz CT molecular complexity index is 157. The van der Waals surface area contributed by atoms with E-state index in [1.165, 1.54) is 0 Å². The first-order valence-electron chi connectivity index (χ1n) is 2.40. The van der Waals surface area contributed by atoms with Gasteiger partial charge >= 0.3 is 40.5 Å². The zero-order valence-electron chi connectivity index (χ0n) is 4.94. The van der Waals surface area contributed by atoms with Gasteiger partial charge in [0.05, 0.1) is 0 Å². The van der Waals surface area contributed by atoms with Crippen LogP contribution in [0.5, 0.6) is 5.75 Å². The summed E-state index contributed by atoms with van der Waals surface area (Å²) in [7, 11) is 0. The van der Waals surface area contributed by atoms with Gasteiger partial charge in [-0.05, 0) is 12.1 Å². The van der Waals surface area contributed by atoms with Crippen LogP contribution in [-0.4, -0.2) is 5.11 Å². The van der Waals surface area contributed by atoms with Crippen LogP contribution in [0.25, 0.3) is 0 Å². The average molecular weight is 355 g/mol. The van der Waals surface area contributed by atoms with Crippen molar-refractivity contribution in [1.82, 2.24) is 0 Å². The second-order valence-corrected chi connectivity index (χ2v) is 9.40. The van der Waals surface area contributed by atoms with Crippen LogP contribution < -0.4 is 0 Å². The second-order valence-electron chi connectivity index (χ2n) is 1.39. The molecule has 1 N–H and O–H groups in total. The van der Waals surface area contributed by atoms with E-state index in [4.69, 9.17) is 5.11 Å². The van der Waals surface area contributed by atoms with E-state index in [1.54, 1.807) is 24.3 Å². The fraction of sp³-hybridized carbons (Fsp3) is 0. The predicted octanol–water partition coefficient (Wildman–Crippen LogP) is 3.08. The van der Waals surface area contributed by atoms with Gasteiger partial charge in [0.15, 0.2) is 0 Å². The molecule has 10 heavy (non-hydrogen) atoms. The molecular formula is C6H6Br2ORu. The fourth-order valence-electron chi connectivity index (χ4n) is 0.428. The number of rotatable bonds is 0. The van der Waals surface area contributed by atoms with Crippen LogP contribution in [0.15, 0.2) is 30.3 Å². The molecule has 0 atom stereocenters. The first kappa shape index (κ1) is 10.6. The van der Waals surface area contributed by atoms with E-state index in [-0.39, 0.29) is 0 Å². The Labute approximate surface area is 81.1 Å². The maximum absolute atomic E-state index is 8.63. The molecule has 0 saturated heterocycles. The summed E-state index contributed by atoms with van der Waals surface area (Å²) in [6.45, 7) is 0. The Morgan fingerprint density at radius 1 is 1.10 bits per heavy atom. The van der Waals surface area contributed by atoms with Gasteiger partial charge in [0.1, 0.15) is 5.75 Å². The van der Waals surface area contributed by atoms with E-state index in [0.717, 1.165) is 0 Å². The molecule has 0 bridgehead atoms. The zero-order valence-corrected chi connectivity index (χ0v) is 9.85. The molecule has 4 heteroatoms. The van der Waals surface area contributed by atoms with E-state index in [2.05, 4.69) is 27.2 Å². The second kappa shape index (κ2) is 7.71. The first-order chi connectivity index (χ1) is 4.81. The van der Waals surface area contributed by atoms with E-state index in [0.29, 0.717) is 19.0 Å². The topological polar surface area (TPSA) is 20.2 Å². The van der Waals surface area contributed by atoms with Gasteiger partial charge in [0, 0.05) is 0 Å². The summed E-state index contributed by atoms with van der Waals surface area (Å²) in [5, 5.41) is 8.63. The third-order valence-corrected chi connectivity index (χ3v) is 0.756. The average Bonchev–Trinajstić information content (AvgIpc) is 1.91. The molecule has 1 nitrogen and oxygen atoms in total. The van der Waals surface area contributed by atoms with Crippen molar-refractivity contribution in [3.8, 4) is 5.75 Å².